The van der Waals surface area contributed by atoms with Crippen LogP contribution in [-0.4, -0.2) is 37.2 Å². The van der Waals surface area contributed by atoms with Gasteiger partial charge in [-0.3, -0.25) is 14.4 Å². The third-order valence-electron chi connectivity index (χ3n) is 17.2. The Labute approximate surface area is 513 Å². The third-order valence-corrected chi connectivity index (χ3v) is 17.2. The molecule has 0 amide bonds. The van der Waals surface area contributed by atoms with E-state index in [9.17, 15) is 14.4 Å². The van der Waals surface area contributed by atoms with E-state index in [1.807, 2.05) is 0 Å². The zero-order chi connectivity index (χ0) is 59.2. The van der Waals surface area contributed by atoms with Crippen molar-refractivity contribution >= 4 is 17.9 Å². The van der Waals surface area contributed by atoms with E-state index < -0.39 is 6.10 Å². The van der Waals surface area contributed by atoms with Crippen molar-refractivity contribution in [3.05, 3.63) is 24.3 Å². The molecule has 0 spiro atoms. The molecule has 82 heavy (non-hydrogen) atoms. The zero-order valence-electron chi connectivity index (χ0n) is 55.8. The lowest BCUT2D eigenvalue weighted by atomic mass is 10.0. The molecular weight excluding hydrogens is 1010 g/mol. The summed E-state index contributed by atoms with van der Waals surface area (Å²) in [5.74, 6) is -0.853. The second kappa shape index (κ2) is 71.4. The van der Waals surface area contributed by atoms with Gasteiger partial charge in [0.15, 0.2) is 6.10 Å². The predicted octanol–water partition coefficient (Wildman–Crippen LogP) is 25.7. The molecular formula is C76H144O6. The monoisotopic (exact) mass is 1150 g/mol. The first-order chi connectivity index (χ1) is 40.5. The molecule has 0 aromatic carbocycles. The van der Waals surface area contributed by atoms with Crippen LogP contribution >= 0.6 is 0 Å². The van der Waals surface area contributed by atoms with Crippen LogP contribution in [0.3, 0.4) is 0 Å². The van der Waals surface area contributed by atoms with Gasteiger partial charge in [0.05, 0.1) is 0 Å². The Balaban J connectivity index is 4.04. The molecule has 0 aliphatic rings. The normalized spacial score (nSPS) is 12.1. The summed E-state index contributed by atoms with van der Waals surface area (Å²) in [5, 5.41) is 0. The van der Waals surface area contributed by atoms with Crippen molar-refractivity contribution in [2.24, 2.45) is 0 Å². The fraction of sp³-hybridized carbons (Fsp3) is 0.908. The molecule has 0 aliphatic heterocycles. The SMILES string of the molecule is CCCC/C=C\CCCCCCCC(=O)OCC(COC(=O)CCCCCCCCCCCCCCCCCCCCCCCCCCCCCCCCCCCC)OC(=O)CCCCCCCCCCC/C=C\CCCCCCCC. The third kappa shape index (κ3) is 68.7. The second-order valence-electron chi connectivity index (χ2n) is 25.6. The highest BCUT2D eigenvalue weighted by Gasteiger charge is 2.20. The average molecular weight is 1150 g/mol. The second-order valence-corrected chi connectivity index (χ2v) is 25.6. The molecule has 6 heteroatoms. The van der Waals surface area contributed by atoms with Gasteiger partial charge in [0.2, 0.25) is 0 Å². The molecule has 0 N–H and O–H groups in total. The fourth-order valence-electron chi connectivity index (χ4n) is 11.5. The predicted molar refractivity (Wildman–Crippen MR) is 358 cm³/mol. The summed E-state index contributed by atoms with van der Waals surface area (Å²) >= 11 is 0. The summed E-state index contributed by atoms with van der Waals surface area (Å²) in [6.45, 7) is 6.67. The Bertz CT molecular complexity index is 1320. The summed E-state index contributed by atoms with van der Waals surface area (Å²) < 4.78 is 17.0. The molecule has 1 unspecified atom stereocenters. The number of rotatable bonds is 70. The van der Waals surface area contributed by atoms with Gasteiger partial charge in [0.1, 0.15) is 13.2 Å². The lowest BCUT2D eigenvalue weighted by Crippen LogP contribution is -2.30. The first-order valence-electron chi connectivity index (χ1n) is 37.3. The molecule has 0 saturated carbocycles. The Morgan fingerprint density at radius 1 is 0.232 bits per heavy atom. The number of carbonyl (C=O) groups excluding carboxylic acids is 3. The van der Waals surface area contributed by atoms with Gasteiger partial charge in [-0.25, -0.2) is 0 Å². The number of hydrogen-bond acceptors (Lipinski definition) is 6. The summed E-state index contributed by atoms with van der Waals surface area (Å²) in [6, 6.07) is 0. The van der Waals surface area contributed by atoms with E-state index in [1.165, 1.54) is 321 Å². The maximum Gasteiger partial charge on any atom is 0.306 e. The Hall–Kier alpha value is -2.11. The summed E-state index contributed by atoms with van der Waals surface area (Å²) in [7, 11) is 0. The molecule has 0 bridgehead atoms. The van der Waals surface area contributed by atoms with E-state index in [0.29, 0.717) is 19.3 Å². The smallest absolute Gasteiger partial charge is 0.306 e. The van der Waals surface area contributed by atoms with Gasteiger partial charge in [-0.1, -0.05) is 366 Å². The van der Waals surface area contributed by atoms with Crippen LogP contribution in [0, 0.1) is 0 Å². The highest BCUT2D eigenvalue weighted by Crippen LogP contribution is 2.19. The lowest BCUT2D eigenvalue weighted by molar-refractivity contribution is -0.167. The van der Waals surface area contributed by atoms with Crippen LogP contribution in [0.25, 0.3) is 0 Å². The van der Waals surface area contributed by atoms with E-state index in [2.05, 4.69) is 45.1 Å². The first kappa shape index (κ1) is 79.9. The molecule has 0 aromatic heterocycles. The minimum Gasteiger partial charge on any atom is -0.462 e. The Morgan fingerprint density at radius 3 is 0.646 bits per heavy atom. The van der Waals surface area contributed by atoms with Gasteiger partial charge in [-0.15, -0.1) is 0 Å². The number of allylic oxidation sites excluding steroid dienone is 4. The van der Waals surface area contributed by atoms with Gasteiger partial charge in [-0.05, 0) is 64.2 Å². The van der Waals surface area contributed by atoms with Crippen molar-refractivity contribution in [1.82, 2.24) is 0 Å². The number of carbonyl (C=O) groups is 3. The van der Waals surface area contributed by atoms with Crippen LogP contribution in [0.5, 0.6) is 0 Å². The van der Waals surface area contributed by atoms with Crippen LogP contribution < -0.4 is 0 Å². The minimum absolute atomic E-state index is 0.0695. The van der Waals surface area contributed by atoms with Crippen LogP contribution in [0.15, 0.2) is 24.3 Å². The van der Waals surface area contributed by atoms with E-state index in [1.54, 1.807) is 0 Å². The molecule has 1 atom stereocenters. The van der Waals surface area contributed by atoms with Crippen molar-refractivity contribution in [2.45, 2.75) is 431 Å². The molecule has 0 aliphatic carbocycles. The number of esters is 3. The quantitative estimate of drug-likeness (QED) is 0.0261. The van der Waals surface area contributed by atoms with Crippen molar-refractivity contribution in [3.8, 4) is 0 Å². The van der Waals surface area contributed by atoms with Gasteiger partial charge >= 0.3 is 17.9 Å². The molecule has 0 radical (unpaired) electrons. The number of ether oxygens (including phenoxy) is 3. The standard InChI is InChI=1S/C76H144O6/c1-4-7-10-13-16-19-22-24-26-28-30-31-32-33-34-35-36-37-38-39-40-41-42-43-44-46-47-49-51-54-57-60-63-66-69-75(78)81-72-73(71-80-74(77)68-65-62-59-56-53-21-18-15-12-9-6-3)82-76(79)70-67-64-61-58-55-52-50-48-45-29-27-25-23-20-17-14-11-8-5-2/h15,18,25,27,73H,4-14,16-17,19-24,26,28-72H2,1-3H3/b18-15-,27-25-. The van der Waals surface area contributed by atoms with Gasteiger partial charge in [-0.2, -0.15) is 0 Å². The minimum atomic E-state index is -0.774. The van der Waals surface area contributed by atoms with E-state index in [-0.39, 0.29) is 31.1 Å². The van der Waals surface area contributed by atoms with Crippen LogP contribution in [0.1, 0.15) is 425 Å². The number of unbranched alkanes of at least 4 members (excludes halogenated alkanes) is 55. The maximum atomic E-state index is 12.9. The highest BCUT2D eigenvalue weighted by molar-refractivity contribution is 5.71. The summed E-state index contributed by atoms with van der Waals surface area (Å²) in [6.07, 6.45) is 88.2. The fourth-order valence-corrected chi connectivity index (χ4v) is 11.5. The lowest BCUT2D eigenvalue weighted by Gasteiger charge is -2.18. The van der Waals surface area contributed by atoms with Gasteiger partial charge < -0.3 is 14.2 Å². The molecule has 0 rings (SSSR count). The van der Waals surface area contributed by atoms with Crippen LogP contribution in [0.2, 0.25) is 0 Å². The number of hydrogen-bond donors (Lipinski definition) is 0. The molecule has 6 nitrogen and oxygen atoms in total. The largest absolute Gasteiger partial charge is 0.462 e. The first-order valence-corrected chi connectivity index (χ1v) is 37.3. The van der Waals surface area contributed by atoms with E-state index >= 15 is 0 Å². The van der Waals surface area contributed by atoms with Crippen LogP contribution in [-0.2, 0) is 28.6 Å². The molecule has 484 valence electrons. The molecule has 0 fully saturated rings. The Kier molecular flexibility index (Phi) is 69.5. The molecule has 0 aromatic rings. The van der Waals surface area contributed by atoms with Gasteiger partial charge in [0.25, 0.3) is 0 Å². The molecule has 0 heterocycles. The highest BCUT2D eigenvalue weighted by atomic mass is 16.6. The summed E-state index contributed by atoms with van der Waals surface area (Å²) in [5.41, 5.74) is 0. The summed E-state index contributed by atoms with van der Waals surface area (Å²) in [4.78, 5) is 38.4. The maximum absolute atomic E-state index is 12.9. The van der Waals surface area contributed by atoms with E-state index in [0.717, 1.165) is 64.2 Å². The van der Waals surface area contributed by atoms with Gasteiger partial charge in [0, 0.05) is 19.3 Å². The Morgan fingerprint density at radius 2 is 0.415 bits per heavy atom. The topological polar surface area (TPSA) is 78.9 Å². The van der Waals surface area contributed by atoms with E-state index in [4.69, 9.17) is 14.2 Å². The molecule has 0 saturated heterocycles. The van der Waals surface area contributed by atoms with Crippen molar-refractivity contribution < 1.29 is 28.6 Å². The van der Waals surface area contributed by atoms with Crippen molar-refractivity contribution in [3.63, 3.8) is 0 Å². The zero-order valence-corrected chi connectivity index (χ0v) is 55.8. The van der Waals surface area contributed by atoms with Crippen molar-refractivity contribution in [2.75, 3.05) is 13.2 Å². The van der Waals surface area contributed by atoms with Crippen LogP contribution in [0.4, 0.5) is 0 Å². The van der Waals surface area contributed by atoms with Crippen molar-refractivity contribution in [1.29, 1.82) is 0 Å². The average Bonchev–Trinajstić information content (AvgIpc) is 3.48.